The molecule has 0 aliphatic carbocycles. The predicted octanol–water partition coefficient (Wildman–Crippen LogP) is 1.91. The average molecular weight is 358 g/mol. The van der Waals surface area contributed by atoms with Crippen molar-refractivity contribution in [1.82, 2.24) is 10.2 Å². The summed E-state index contributed by atoms with van der Waals surface area (Å²) in [6.45, 7) is 0.463. The van der Waals surface area contributed by atoms with E-state index >= 15 is 0 Å². The van der Waals surface area contributed by atoms with E-state index in [1.165, 1.54) is 16.2 Å². The zero-order valence-corrected chi connectivity index (χ0v) is 14.3. The van der Waals surface area contributed by atoms with Gasteiger partial charge in [0.25, 0.3) is 5.91 Å². The van der Waals surface area contributed by atoms with Crippen LogP contribution < -0.4 is 5.32 Å². The third-order valence-corrected chi connectivity index (χ3v) is 5.09. The summed E-state index contributed by atoms with van der Waals surface area (Å²) < 4.78 is 0. The zero-order chi connectivity index (χ0) is 17.8. The van der Waals surface area contributed by atoms with Gasteiger partial charge in [-0.1, -0.05) is 30.3 Å². The van der Waals surface area contributed by atoms with Crippen LogP contribution in [0.2, 0.25) is 0 Å². The number of hydrogen-bond acceptors (Lipinski definition) is 4. The van der Waals surface area contributed by atoms with Gasteiger partial charge in [-0.25, -0.2) is 4.79 Å². The Labute approximate surface area is 149 Å². The quantitative estimate of drug-likeness (QED) is 0.855. The number of hydrogen-bond donors (Lipinski definition) is 2. The molecule has 2 heterocycles. The predicted molar refractivity (Wildman–Crippen MR) is 93.4 cm³/mol. The largest absolute Gasteiger partial charge is 0.480 e. The molecule has 0 fully saturated rings. The molecule has 3 rings (SSSR count). The molecule has 1 atom stereocenters. The van der Waals surface area contributed by atoms with Gasteiger partial charge in [0, 0.05) is 25.9 Å². The van der Waals surface area contributed by atoms with Crippen molar-refractivity contribution >= 4 is 29.1 Å². The van der Waals surface area contributed by atoms with E-state index in [-0.39, 0.29) is 31.3 Å². The minimum Gasteiger partial charge on any atom is -0.480 e. The van der Waals surface area contributed by atoms with Crippen molar-refractivity contribution in [2.45, 2.75) is 25.4 Å². The molecule has 1 aromatic heterocycles. The van der Waals surface area contributed by atoms with Crippen LogP contribution in [0.15, 0.2) is 41.8 Å². The first-order valence-corrected chi connectivity index (χ1v) is 8.85. The van der Waals surface area contributed by atoms with Gasteiger partial charge in [-0.2, -0.15) is 0 Å². The van der Waals surface area contributed by atoms with Gasteiger partial charge in [0.1, 0.15) is 6.04 Å². The molecule has 2 N–H and O–H groups in total. The molecule has 1 aliphatic rings. The number of carbonyl (C=O) groups excluding carboxylic acids is 2. The van der Waals surface area contributed by atoms with Crippen LogP contribution >= 0.6 is 11.3 Å². The van der Waals surface area contributed by atoms with Gasteiger partial charge in [-0.3, -0.25) is 9.59 Å². The molecule has 2 amide bonds. The lowest BCUT2D eigenvalue weighted by Gasteiger charge is -2.34. The zero-order valence-electron chi connectivity index (χ0n) is 13.5. The number of thiophene rings is 1. The molecule has 25 heavy (non-hydrogen) atoms. The first-order chi connectivity index (χ1) is 12.1. The number of fused-ring (bicyclic) bond motifs is 1. The molecular formula is C18H18N2O4S. The summed E-state index contributed by atoms with van der Waals surface area (Å²) in [6.07, 6.45) is 0.377. The number of carbonyl (C=O) groups is 3. The van der Waals surface area contributed by atoms with Crippen LogP contribution in [0.5, 0.6) is 0 Å². The maximum absolute atomic E-state index is 12.5. The van der Waals surface area contributed by atoms with E-state index in [2.05, 4.69) is 5.32 Å². The van der Waals surface area contributed by atoms with Crippen LogP contribution in [0, 0.1) is 0 Å². The Hall–Kier alpha value is -2.67. The van der Waals surface area contributed by atoms with Gasteiger partial charge in [0.15, 0.2) is 0 Å². The van der Waals surface area contributed by atoms with Crippen LogP contribution in [-0.4, -0.2) is 40.4 Å². The monoisotopic (exact) mass is 358 g/mol. The maximum Gasteiger partial charge on any atom is 0.326 e. The fourth-order valence-corrected chi connectivity index (χ4v) is 3.57. The lowest BCUT2D eigenvalue weighted by Crippen LogP contribution is -2.49. The topological polar surface area (TPSA) is 86.7 Å². The number of carboxylic acid groups (broad SMARTS) is 1. The highest BCUT2D eigenvalue weighted by Gasteiger charge is 2.34. The summed E-state index contributed by atoms with van der Waals surface area (Å²) in [4.78, 5) is 37.9. The van der Waals surface area contributed by atoms with Gasteiger partial charge >= 0.3 is 5.97 Å². The molecular weight excluding hydrogens is 340 g/mol. The SMILES string of the molecule is O=C(NCCC(=O)N1Cc2ccccc2CC1C(=O)O)c1cccs1. The fraction of sp³-hybridized carbons (Fsp3) is 0.278. The molecule has 0 radical (unpaired) electrons. The lowest BCUT2D eigenvalue weighted by molar-refractivity contribution is -0.151. The number of rotatable bonds is 5. The standard InChI is InChI=1S/C18H18N2O4S/c21-16(7-8-19-17(22)15-6-3-9-25-15)20-11-13-5-2-1-4-12(13)10-14(20)18(23)24/h1-6,9,14H,7-8,10-11H2,(H,19,22)(H,23,24). The van der Waals surface area contributed by atoms with Crippen molar-refractivity contribution in [3.05, 3.63) is 57.8 Å². The van der Waals surface area contributed by atoms with Gasteiger partial charge in [-0.05, 0) is 22.6 Å². The van der Waals surface area contributed by atoms with Crippen molar-refractivity contribution in [3.63, 3.8) is 0 Å². The molecule has 130 valence electrons. The second-order valence-corrected chi connectivity index (χ2v) is 6.78. The van der Waals surface area contributed by atoms with Crippen LogP contribution in [0.3, 0.4) is 0 Å². The summed E-state index contributed by atoms with van der Waals surface area (Å²) in [5.74, 6) is -1.50. The number of nitrogens with zero attached hydrogens (tertiary/aromatic N) is 1. The van der Waals surface area contributed by atoms with E-state index in [4.69, 9.17) is 0 Å². The minimum atomic E-state index is -1.01. The number of carboxylic acids is 1. The molecule has 6 nitrogen and oxygen atoms in total. The van der Waals surface area contributed by atoms with E-state index in [1.807, 2.05) is 29.6 Å². The van der Waals surface area contributed by atoms with Crippen LogP contribution in [0.1, 0.15) is 27.2 Å². The van der Waals surface area contributed by atoms with Gasteiger partial charge in [0.2, 0.25) is 5.91 Å². The summed E-state index contributed by atoms with van der Waals surface area (Å²) in [6, 6.07) is 10.2. The second kappa shape index (κ2) is 7.48. The number of aliphatic carboxylic acids is 1. The molecule has 7 heteroatoms. The molecule has 1 aliphatic heterocycles. The molecule has 2 aromatic rings. The molecule has 0 saturated heterocycles. The summed E-state index contributed by atoms with van der Waals surface area (Å²) in [5.41, 5.74) is 1.93. The number of benzene rings is 1. The summed E-state index contributed by atoms with van der Waals surface area (Å²) >= 11 is 1.33. The average Bonchev–Trinajstić information content (AvgIpc) is 3.15. The smallest absolute Gasteiger partial charge is 0.326 e. The highest BCUT2D eigenvalue weighted by molar-refractivity contribution is 7.12. The molecule has 1 aromatic carbocycles. The van der Waals surface area contributed by atoms with Crippen LogP contribution in [0.25, 0.3) is 0 Å². The Bertz CT molecular complexity index is 788. The van der Waals surface area contributed by atoms with Crippen LogP contribution in [-0.2, 0) is 22.6 Å². The first-order valence-electron chi connectivity index (χ1n) is 7.97. The Kier molecular flexibility index (Phi) is 5.14. The highest BCUT2D eigenvalue weighted by Crippen LogP contribution is 2.24. The highest BCUT2D eigenvalue weighted by atomic mass is 32.1. The number of nitrogens with one attached hydrogen (secondary N) is 1. The Morgan fingerprint density at radius 3 is 2.60 bits per heavy atom. The molecule has 0 saturated carbocycles. The lowest BCUT2D eigenvalue weighted by atomic mass is 9.93. The summed E-state index contributed by atoms with van der Waals surface area (Å²) in [7, 11) is 0. The maximum atomic E-state index is 12.5. The third-order valence-electron chi connectivity index (χ3n) is 4.22. The summed E-state index contributed by atoms with van der Waals surface area (Å²) in [5, 5.41) is 14.0. The minimum absolute atomic E-state index is 0.0725. The molecule has 0 bridgehead atoms. The van der Waals surface area contributed by atoms with Crippen molar-refractivity contribution < 1.29 is 19.5 Å². The molecule has 1 unspecified atom stereocenters. The van der Waals surface area contributed by atoms with Crippen molar-refractivity contribution in [1.29, 1.82) is 0 Å². The van der Waals surface area contributed by atoms with Crippen molar-refractivity contribution in [2.75, 3.05) is 6.54 Å². The van der Waals surface area contributed by atoms with Gasteiger partial charge in [0.05, 0.1) is 4.88 Å². The normalized spacial score (nSPS) is 16.2. The Morgan fingerprint density at radius 1 is 1.16 bits per heavy atom. The van der Waals surface area contributed by atoms with Gasteiger partial charge in [-0.15, -0.1) is 11.3 Å². The van der Waals surface area contributed by atoms with Crippen LogP contribution in [0.4, 0.5) is 0 Å². The van der Waals surface area contributed by atoms with E-state index in [0.717, 1.165) is 11.1 Å². The van der Waals surface area contributed by atoms with E-state index < -0.39 is 12.0 Å². The van der Waals surface area contributed by atoms with E-state index in [9.17, 15) is 19.5 Å². The van der Waals surface area contributed by atoms with E-state index in [0.29, 0.717) is 11.3 Å². The van der Waals surface area contributed by atoms with Crippen molar-refractivity contribution in [3.8, 4) is 0 Å². The third kappa shape index (κ3) is 3.88. The van der Waals surface area contributed by atoms with E-state index in [1.54, 1.807) is 12.1 Å². The van der Waals surface area contributed by atoms with Gasteiger partial charge < -0.3 is 15.3 Å². The molecule has 0 spiro atoms. The van der Waals surface area contributed by atoms with Crippen molar-refractivity contribution in [2.24, 2.45) is 0 Å². The Balaban J connectivity index is 1.62. The number of amides is 2. The Morgan fingerprint density at radius 2 is 1.92 bits per heavy atom. The fourth-order valence-electron chi connectivity index (χ4n) is 2.93. The second-order valence-electron chi connectivity index (χ2n) is 5.83. The first kappa shape index (κ1) is 17.2.